The predicted molar refractivity (Wildman–Crippen MR) is 98.8 cm³/mol. The zero-order valence-electron chi connectivity index (χ0n) is 14.4. The Labute approximate surface area is 158 Å². The molecule has 0 atom stereocenters. The third-order valence-electron chi connectivity index (χ3n) is 3.83. The topological polar surface area (TPSA) is 112 Å². The summed E-state index contributed by atoms with van der Waals surface area (Å²) >= 11 is 1.56. The van der Waals surface area contributed by atoms with Crippen LogP contribution in [0.4, 0.5) is 5.69 Å². The van der Waals surface area contributed by atoms with Gasteiger partial charge in [-0.05, 0) is 34.0 Å². The summed E-state index contributed by atoms with van der Waals surface area (Å²) in [7, 11) is 1.76. The predicted octanol–water partition coefficient (Wildman–Crippen LogP) is 2.56. The van der Waals surface area contributed by atoms with Crippen LogP contribution in [0.15, 0.2) is 45.5 Å². The van der Waals surface area contributed by atoms with Gasteiger partial charge in [-0.15, -0.1) is 15.3 Å². The highest BCUT2D eigenvalue weighted by Crippen LogP contribution is 2.22. The maximum Gasteiger partial charge on any atom is 0.248 e. The van der Waals surface area contributed by atoms with Crippen molar-refractivity contribution in [3.05, 3.63) is 47.0 Å². The van der Waals surface area contributed by atoms with Crippen LogP contribution in [0.3, 0.4) is 0 Å². The zero-order valence-corrected chi connectivity index (χ0v) is 15.2. The summed E-state index contributed by atoms with van der Waals surface area (Å²) in [6.07, 6.45) is 0.608. The second kappa shape index (κ2) is 7.46. The van der Waals surface area contributed by atoms with Crippen LogP contribution in [0.2, 0.25) is 0 Å². The van der Waals surface area contributed by atoms with E-state index in [-0.39, 0.29) is 12.3 Å². The summed E-state index contributed by atoms with van der Waals surface area (Å²) in [6.45, 7) is 0. The summed E-state index contributed by atoms with van der Waals surface area (Å²) in [5.74, 6) is 1.39. The van der Waals surface area contributed by atoms with Gasteiger partial charge in [0.05, 0.1) is 0 Å². The molecule has 0 saturated carbocycles. The molecule has 0 spiro atoms. The van der Waals surface area contributed by atoms with Crippen molar-refractivity contribution in [1.82, 2.24) is 30.4 Å². The van der Waals surface area contributed by atoms with Gasteiger partial charge in [0.25, 0.3) is 0 Å². The van der Waals surface area contributed by atoms with Crippen molar-refractivity contribution in [3.8, 4) is 22.8 Å². The van der Waals surface area contributed by atoms with E-state index in [9.17, 15) is 4.79 Å². The first-order chi connectivity index (χ1) is 13.2. The van der Waals surface area contributed by atoms with Gasteiger partial charge in [-0.2, -0.15) is 11.3 Å². The number of rotatable bonds is 6. The molecule has 1 aromatic carbocycles. The van der Waals surface area contributed by atoms with Crippen LogP contribution < -0.4 is 5.32 Å². The van der Waals surface area contributed by atoms with E-state index in [4.69, 9.17) is 4.42 Å². The number of nitrogens with one attached hydrogen (secondary N) is 1. The first-order valence-corrected chi connectivity index (χ1v) is 9.11. The fourth-order valence-electron chi connectivity index (χ4n) is 2.51. The largest absolute Gasteiger partial charge is 0.421 e. The van der Waals surface area contributed by atoms with Crippen molar-refractivity contribution in [1.29, 1.82) is 0 Å². The average molecular weight is 381 g/mol. The highest BCUT2D eigenvalue weighted by atomic mass is 32.1. The number of hydrogen-bond acceptors (Lipinski definition) is 8. The van der Waals surface area contributed by atoms with Gasteiger partial charge in [0.1, 0.15) is 0 Å². The Morgan fingerprint density at radius 2 is 2.15 bits per heavy atom. The number of anilines is 1. The molecule has 4 aromatic rings. The quantitative estimate of drug-likeness (QED) is 0.546. The molecule has 27 heavy (non-hydrogen) atoms. The van der Waals surface area contributed by atoms with Crippen molar-refractivity contribution >= 4 is 22.9 Å². The molecule has 1 N–H and O–H groups in total. The first-order valence-electron chi connectivity index (χ1n) is 8.16. The summed E-state index contributed by atoms with van der Waals surface area (Å²) in [4.78, 5) is 12.2. The third-order valence-corrected chi connectivity index (χ3v) is 4.51. The fourth-order valence-corrected chi connectivity index (χ4v) is 3.14. The Hall–Kier alpha value is -3.40. The minimum Gasteiger partial charge on any atom is -0.421 e. The minimum atomic E-state index is -0.140. The number of aryl methyl sites for hydroxylation is 2. The molecule has 0 aliphatic carbocycles. The average Bonchev–Trinajstić information content (AvgIpc) is 3.41. The van der Waals surface area contributed by atoms with Gasteiger partial charge in [0, 0.05) is 42.1 Å². The van der Waals surface area contributed by atoms with E-state index >= 15 is 0 Å². The maximum absolute atomic E-state index is 12.2. The van der Waals surface area contributed by atoms with Crippen molar-refractivity contribution < 1.29 is 9.21 Å². The lowest BCUT2D eigenvalue weighted by atomic mass is 10.2. The van der Waals surface area contributed by atoms with E-state index < -0.39 is 0 Å². The molecule has 136 valence electrons. The van der Waals surface area contributed by atoms with E-state index in [0.29, 0.717) is 29.7 Å². The molecule has 0 bridgehead atoms. The standard InChI is InChI=1S/C17H15N7O2S/c1-24-16(20-22-23-24)11-3-2-4-13(9-11)18-14(25)5-6-15-19-21-17(26-15)12-7-8-27-10-12/h2-4,7-10H,5-6H2,1H3,(H,18,25). The van der Waals surface area contributed by atoms with Crippen molar-refractivity contribution in [2.75, 3.05) is 5.32 Å². The lowest BCUT2D eigenvalue weighted by molar-refractivity contribution is -0.116. The van der Waals surface area contributed by atoms with E-state index in [1.165, 1.54) is 0 Å². The molecular formula is C17H15N7O2S. The van der Waals surface area contributed by atoms with Crippen LogP contribution in [0.1, 0.15) is 12.3 Å². The van der Waals surface area contributed by atoms with Crippen molar-refractivity contribution in [2.45, 2.75) is 12.8 Å². The molecule has 0 fully saturated rings. The van der Waals surface area contributed by atoms with Gasteiger partial charge in [0.2, 0.25) is 17.7 Å². The van der Waals surface area contributed by atoms with Crippen LogP contribution in [-0.2, 0) is 18.3 Å². The second-order valence-corrected chi connectivity index (χ2v) is 6.55. The fraction of sp³-hybridized carbons (Fsp3) is 0.176. The molecule has 0 aliphatic heterocycles. The molecule has 0 unspecified atom stereocenters. The zero-order chi connectivity index (χ0) is 18.6. The Morgan fingerprint density at radius 3 is 2.93 bits per heavy atom. The van der Waals surface area contributed by atoms with E-state index in [1.54, 1.807) is 23.1 Å². The molecule has 0 saturated heterocycles. The smallest absolute Gasteiger partial charge is 0.248 e. The number of amides is 1. The van der Waals surface area contributed by atoms with Crippen LogP contribution in [-0.4, -0.2) is 36.3 Å². The number of tetrazole rings is 1. The van der Waals surface area contributed by atoms with Gasteiger partial charge < -0.3 is 9.73 Å². The van der Waals surface area contributed by atoms with Crippen LogP contribution in [0, 0.1) is 0 Å². The molecule has 4 rings (SSSR count). The Bertz CT molecular complexity index is 1050. The highest BCUT2D eigenvalue weighted by Gasteiger charge is 2.12. The first kappa shape index (κ1) is 17.0. The summed E-state index contributed by atoms with van der Waals surface area (Å²) < 4.78 is 7.16. The van der Waals surface area contributed by atoms with Gasteiger partial charge in [-0.3, -0.25) is 4.79 Å². The minimum absolute atomic E-state index is 0.140. The molecule has 0 radical (unpaired) electrons. The Balaban J connectivity index is 1.37. The third kappa shape index (κ3) is 3.90. The van der Waals surface area contributed by atoms with Gasteiger partial charge in [0.15, 0.2) is 5.82 Å². The maximum atomic E-state index is 12.2. The molecular weight excluding hydrogens is 366 g/mol. The van der Waals surface area contributed by atoms with E-state index in [1.807, 2.05) is 41.1 Å². The number of nitrogens with zero attached hydrogens (tertiary/aromatic N) is 6. The van der Waals surface area contributed by atoms with Crippen molar-refractivity contribution in [3.63, 3.8) is 0 Å². The number of hydrogen-bond donors (Lipinski definition) is 1. The molecule has 3 heterocycles. The summed E-state index contributed by atoms with van der Waals surface area (Å²) in [6, 6.07) is 9.27. The number of aromatic nitrogens is 6. The van der Waals surface area contributed by atoms with Crippen molar-refractivity contribution in [2.24, 2.45) is 7.05 Å². The van der Waals surface area contributed by atoms with E-state index in [2.05, 4.69) is 31.0 Å². The summed E-state index contributed by atoms with van der Waals surface area (Å²) in [5, 5.41) is 26.1. The normalized spacial score (nSPS) is 10.9. The van der Waals surface area contributed by atoms with Gasteiger partial charge >= 0.3 is 0 Å². The second-order valence-electron chi connectivity index (χ2n) is 5.77. The number of thiophene rings is 1. The van der Waals surface area contributed by atoms with E-state index in [0.717, 1.165) is 11.1 Å². The molecule has 1 amide bonds. The molecule has 10 heteroatoms. The molecule has 0 aliphatic rings. The summed E-state index contributed by atoms with van der Waals surface area (Å²) in [5.41, 5.74) is 2.38. The van der Waals surface area contributed by atoms with Crippen LogP contribution in [0.5, 0.6) is 0 Å². The highest BCUT2D eigenvalue weighted by molar-refractivity contribution is 7.08. The molecule has 3 aromatic heterocycles. The lowest BCUT2D eigenvalue weighted by Crippen LogP contribution is -2.12. The van der Waals surface area contributed by atoms with Gasteiger partial charge in [-0.1, -0.05) is 12.1 Å². The number of carbonyl (C=O) groups excluding carboxylic acids is 1. The van der Waals surface area contributed by atoms with Crippen LogP contribution in [0.25, 0.3) is 22.8 Å². The number of benzene rings is 1. The Morgan fingerprint density at radius 1 is 1.22 bits per heavy atom. The van der Waals surface area contributed by atoms with Crippen LogP contribution >= 0.6 is 11.3 Å². The Kier molecular flexibility index (Phi) is 4.71. The monoisotopic (exact) mass is 381 g/mol. The molecule has 9 nitrogen and oxygen atoms in total. The lowest BCUT2D eigenvalue weighted by Gasteiger charge is -2.06. The van der Waals surface area contributed by atoms with Gasteiger partial charge in [-0.25, -0.2) is 4.68 Å². The SMILES string of the molecule is Cn1nnnc1-c1cccc(NC(=O)CCc2nnc(-c3ccsc3)o2)c1. The number of carbonyl (C=O) groups is 1.